The number of carbonyl (C=O) groups excluding carboxylic acids is 1. The average molecular weight is 290 g/mol. The summed E-state index contributed by atoms with van der Waals surface area (Å²) >= 11 is 0. The van der Waals surface area contributed by atoms with E-state index in [0.717, 1.165) is 37.9 Å². The molecule has 1 aliphatic rings. The van der Waals surface area contributed by atoms with Crippen LogP contribution in [0.5, 0.6) is 0 Å². The Morgan fingerprint density at radius 3 is 2.90 bits per heavy atom. The molecule has 2 rings (SSSR count). The molecule has 4 heteroatoms. The molecule has 0 radical (unpaired) electrons. The lowest BCUT2D eigenvalue weighted by molar-refractivity contribution is -0.117. The average Bonchev–Trinajstić information content (AvgIpc) is 2.84. The second-order valence-electron chi connectivity index (χ2n) is 6.06. The van der Waals surface area contributed by atoms with Crippen molar-refractivity contribution in [2.45, 2.75) is 38.7 Å². The predicted molar refractivity (Wildman–Crippen MR) is 85.3 cm³/mol. The van der Waals surface area contributed by atoms with E-state index in [1.165, 1.54) is 5.56 Å². The first-order chi connectivity index (χ1) is 10.1. The molecule has 1 aromatic rings. The molecule has 1 amide bonds. The molecule has 1 aromatic carbocycles. The van der Waals surface area contributed by atoms with E-state index in [2.05, 4.69) is 18.3 Å². The van der Waals surface area contributed by atoms with Crippen molar-refractivity contribution >= 4 is 11.6 Å². The van der Waals surface area contributed by atoms with Gasteiger partial charge in [0.25, 0.3) is 0 Å². The maximum Gasteiger partial charge on any atom is 0.238 e. The Balaban J connectivity index is 1.80. The number of nitrogens with zero attached hydrogens (tertiary/aromatic N) is 1. The number of anilines is 1. The Morgan fingerprint density at radius 2 is 2.24 bits per heavy atom. The van der Waals surface area contributed by atoms with Crippen LogP contribution in [0.25, 0.3) is 0 Å². The number of amides is 1. The van der Waals surface area contributed by atoms with E-state index >= 15 is 0 Å². The van der Waals surface area contributed by atoms with Gasteiger partial charge in [-0.25, -0.2) is 0 Å². The Hall–Kier alpha value is -1.39. The normalized spacial score (nSPS) is 21.7. The Morgan fingerprint density at radius 1 is 1.43 bits per heavy atom. The quantitative estimate of drug-likeness (QED) is 0.845. The van der Waals surface area contributed by atoms with E-state index in [0.29, 0.717) is 12.5 Å². The summed E-state index contributed by atoms with van der Waals surface area (Å²) in [6.45, 7) is 3.24. The van der Waals surface area contributed by atoms with Crippen molar-refractivity contribution in [3.8, 4) is 0 Å². The second-order valence-corrected chi connectivity index (χ2v) is 6.06. The molecule has 0 heterocycles. The van der Waals surface area contributed by atoms with Crippen molar-refractivity contribution in [2.24, 2.45) is 5.92 Å². The summed E-state index contributed by atoms with van der Waals surface area (Å²) < 4.78 is 0. The van der Waals surface area contributed by atoms with Gasteiger partial charge in [-0.2, -0.15) is 0 Å². The third-order valence-electron chi connectivity index (χ3n) is 4.20. The van der Waals surface area contributed by atoms with Crippen LogP contribution in [0.15, 0.2) is 24.3 Å². The highest BCUT2D eigenvalue weighted by Gasteiger charge is 2.26. The van der Waals surface area contributed by atoms with Gasteiger partial charge < -0.3 is 10.4 Å². The molecule has 0 saturated heterocycles. The topological polar surface area (TPSA) is 52.6 Å². The number of nitrogens with one attached hydrogen (secondary N) is 1. The summed E-state index contributed by atoms with van der Waals surface area (Å²) in [7, 11) is 1.94. The zero-order chi connectivity index (χ0) is 15.2. The zero-order valence-electron chi connectivity index (χ0n) is 13.0. The van der Waals surface area contributed by atoms with Gasteiger partial charge in [0.05, 0.1) is 12.6 Å². The minimum atomic E-state index is -0.197. The van der Waals surface area contributed by atoms with Crippen LogP contribution in [0.3, 0.4) is 0 Å². The molecule has 21 heavy (non-hydrogen) atoms. The number of aliphatic hydroxyl groups is 1. The fraction of sp³-hybridized carbons (Fsp3) is 0.588. The Kier molecular flexibility index (Phi) is 5.76. The van der Waals surface area contributed by atoms with Crippen molar-refractivity contribution in [1.29, 1.82) is 0 Å². The number of hydrogen-bond acceptors (Lipinski definition) is 3. The van der Waals surface area contributed by atoms with Crippen molar-refractivity contribution in [3.05, 3.63) is 29.8 Å². The monoisotopic (exact) mass is 290 g/mol. The third-order valence-corrected chi connectivity index (χ3v) is 4.20. The summed E-state index contributed by atoms with van der Waals surface area (Å²) in [6.07, 6.45) is 3.82. The smallest absolute Gasteiger partial charge is 0.238 e. The summed E-state index contributed by atoms with van der Waals surface area (Å²) in [5.74, 6) is 0.310. The standard InChI is InChI=1S/C17H26N2O2/c1-3-13-6-4-8-15(10-13)18-17(21)12-19(2)11-14-7-5-9-16(14)20/h4,6,8,10,14,16,20H,3,5,7,9,11-12H2,1-2H3,(H,18,21). The molecule has 1 saturated carbocycles. The van der Waals surface area contributed by atoms with Crippen molar-refractivity contribution < 1.29 is 9.90 Å². The van der Waals surface area contributed by atoms with Crippen LogP contribution in [-0.2, 0) is 11.2 Å². The van der Waals surface area contributed by atoms with Gasteiger partial charge in [-0.15, -0.1) is 0 Å². The number of aliphatic hydroxyl groups excluding tert-OH is 1. The first-order valence-corrected chi connectivity index (χ1v) is 7.84. The Labute approximate surface area is 127 Å². The van der Waals surface area contributed by atoms with Crippen LogP contribution in [-0.4, -0.2) is 42.2 Å². The van der Waals surface area contributed by atoms with Gasteiger partial charge in [-0.1, -0.05) is 25.5 Å². The van der Waals surface area contributed by atoms with Gasteiger partial charge in [0.2, 0.25) is 5.91 Å². The number of carbonyl (C=O) groups is 1. The first kappa shape index (κ1) is 16.0. The number of aryl methyl sites for hydroxylation is 1. The molecule has 0 bridgehead atoms. The maximum atomic E-state index is 12.1. The molecule has 2 atom stereocenters. The van der Waals surface area contributed by atoms with E-state index in [4.69, 9.17) is 0 Å². The third kappa shape index (κ3) is 4.83. The van der Waals surface area contributed by atoms with Crippen LogP contribution in [0.4, 0.5) is 5.69 Å². The molecule has 0 spiro atoms. The molecule has 4 nitrogen and oxygen atoms in total. The van der Waals surface area contributed by atoms with E-state index in [-0.39, 0.29) is 12.0 Å². The SMILES string of the molecule is CCc1cccc(NC(=O)CN(C)CC2CCCC2O)c1. The lowest BCUT2D eigenvalue weighted by Gasteiger charge is -2.22. The van der Waals surface area contributed by atoms with Gasteiger partial charge in [-0.05, 0) is 49.9 Å². The Bertz CT molecular complexity index is 476. The summed E-state index contributed by atoms with van der Waals surface area (Å²) in [5.41, 5.74) is 2.07. The summed E-state index contributed by atoms with van der Waals surface area (Å²) in [6, 6.07) is 7.95. The van der Waals surface area contributed by atoms with Crippen LogP contribution < -0.4 is 5.32 Å². The van der Waals surface area contributed by atoms with Crippen LogP contribution in [0.2, 0.25) is 0 Å². The van der Waals surface area contributed by atoms with Crippen LogP contribution >= 0.6 is 0 Å². The largest absolute Gasteiger partial charge is 0.393 e. The van der Waals surface area contributed by atoms with Gasteiger partial charge >= 0.3 is 0 Å². The van der Waals surface area contributed by atoms with Crippen LogP contribution in [0.1, 0.15) is 31.7 Å². The molecular formula is C17H26N2O2. The maximum absolute atomic E-state index is 12.1. The molecule has 2 unspecified atom stereocenters. The molecule has 0 aromatic heterocycles. The fourth-order valence-electron chi connectivity index (χ4n) is 3.01. The highest BCUT2D eigenvalue weighted by molar-refractivity contribution is 5.92. The van der Waals surface area contributed by atoms with Crippen molar-refractivity contribution in [2.75, 3.05) is 25.5 Å². The van der Waals surface area contributed by atoms with E-state index in [1.54, 1.807) is 0 Å². The summed E-state index contributed by atoms with van der Waals surface area (Å²) in [5, 5.41) is 12.8. The molecule has 0 aliphatic heterocycles. The van der Waals surface area contributed by atoms with Crippen molar-refractivity contribution in [1.82, 2.24) is 4.90 Å². The van der Waals surface area contributed by atoms with Gasteiger partial charge in [0.1, 0.15) is 0 Å². The summed E-state index contributed by atoms with van der Waals surface area (Å²) in [4.78, 5) is 14.1. The first-order valence-electron chi connectivity index (χ1n) is 7.84. The molecule has 1 aliphatic carbocycles. The molecule has 2 N–H and O–H groups in total. The van der Waals surface area contributed by atoms with E-state index in [9.17, 15) is 9.90 Å². The highest BCUT2D eigenvalue weighted by Crippen LogP contribution is 2.25. The highest BCUT2D eigenvalue weighted by atomic mass is 16.3. The lowest BCUT2D eigenvalue weighted by Crippen LogP contribution is -2.35. The fourth-order valence-corrected chi connectivity index (χ4v) is 3.01. The lowest BCUT2D eigenvalue weighted by atomic mass is 10.1. The number of hydrogen-bond donors (Lipinski definition) is 2. The second kappa shape index (κ2) is 7.57. The van der Waals surface area contributed by atoms with E-state index < -0.39 is 0 Å². The predicted octanol–water partition coefficient (Wildman–Crippen LogP) is 2.28. The number of benzene rings is 1. The molecular weight excluding hydrogens is 264 g/mol. The van der Waals surface area contributed by atoms with Gasteiger partial charge in [-0.3, -0.25) is 9.69 Å². The minimum Gasteiger partial charge on any atom is -0.393 e. The number of rotatable bonds is 6. The molecule has 116 valence electrons. The molecule has 1 fully saturated rings. The van der Waals surface area contributed by atoms with E-state index in [1.807, 2.05) is 30.1 Å². The zero-order valence-corrected chi connectivity index (χ0v) is 13.0. The van der Waals surface area contributed by atoms with Gasteiger partial charge in [0, 0.05) is 12.2 Å². The number of likely N-dealkylation sites (N-methyl/N-ethyl adjacent to an activating group) is 1. The van der Waals surface area contributed by atoms with Crippen LogP contribution in [0, 0.1) is 5.92 Å². The van der Waals surface area contributed by atoms with Crippen molar-refractivity contribution in [3.63, 3.8) is 0 Å². The minimum absolute atomic E-state index is 0.00163. The van der Waals surface area contributed by atoms with Gasteiger partial charge in [0.15, 0.2) is 0 Å².